The SMILES string of the molecule is CC[C@H](C(=O)NCC(C)C)N(Cc1cccc(OC)c1)C(=O)CN(c1ccccc1C(C)C)S(C)(=O)=O. The second-order valence-electron chi connectivity index (χ2n) is 9.92. The van der Waals surface area contributed by atoms with Crippen molar-refractivity contribution in [3.05, 3.63) is 59.7 Å². The highest BCUT2D eigenvalue weighted by Crippen LogP contribution is 2.29. The molecule has 2 aromatic rings. The summed E-state index contributed by atoms with van der Waals surface area (Å²) in [4.78, 5) is 28.5. The molecule has 0 saturated carbocycles. The van der Waals surface area contributed by atoms with Gasteiger partial charge in [0.05, 0.1) is 19.1 Å². The highest BCUT2D eigenvalue weighted by molar-refractivity contribution is 7.92. The summed E-state index contributed by atoms with van der Waals surface area (Å²) in [6.07, 6.45) is 1.47. The number of hydrogen-bond acceptors (Lipinski definition) is 5. The molecule has 2 rings (SSSR count). The van der Waals surface area contributed by atoms with Crippen LogP contribution in [0.15, 0.2) is 48.5 Å². The van der Waals surface area contributed by atoms with Crippen LogP contribution < -0.4 is 14.4 Å². The van der Waals surface area contributed by atoms with Crippen molar-refractivity contribution in [1.82, 2.24) is 10.2 Å². The Morgan fingerprint density at radius 1 is 1.03 bits per heavy atom. The van der Waals surface area contributed by atoms with Crippen molar-refractivity contribution in [2.75, 3.05) is 30.8 Å². The van der Waals surface area contributed by atoms with E-state index in [2.05, 4.69) is 5.32 Å². The fraction of sp³-hybridized carbons (Fsp3) is 0.500. The minimum Gasteiger partial charge on any atom is -0.497 e. The van der Waals surface area contributed by atoms with Crippen molar-refractivity contribution < 1.29 is 22.7 Å². The average Bonchev–Trinajstić information content (AvgIpc) is 2.85. The van der Waals surface area contributed by atoms with Crippen LogP contribution in [0.25, 0.3) is 0 Å². The average molecular weight is 532 g/mol. The van der Waals surface area contributed by atoms with Gasteiger partial charge in [-0.25, -0.2) is 8.42 Å². The molecule has 0 unspecified atom stereocenters. The van der Waals surface area contributed by atoms with Gasteiger partial charge in [0, 0.05) is 13.1 Å². The van der Waals surface area contributed by atoms with E-state index >= 15 is 0 Å². The summed E-state index contributed by atoms with van der Waals surface area (Å²) in [6, 6.07) is 13.7. The topological polar surface area (TPSA) is 96.0 Å². The third-order valence-electron chi connectivity index (χ3n) is 6.06. The normalized spacial score (nSPS) is 12.4. The number of benzene rings is 2. The van der Waals surface area contributed by atoms with Crippen molar-refractivity contribution >= 4 is 27.5 Å². The molecular formula is C28H41N3O5S. The smallest absolute Gasteiger partial charge is 0.244 e. The first-order valence-corrected chi connectivity index (χ1v) is 14.5. The van der Waals surface area contributed by atoms with Gasteiger partial charge < -0.3 is 15.0 Å². The molecule has 0 aliphatic carbocycles. The minimum absolute atomic E-state index is 0.0497. The first kappa shape index (κ1) is 30.2. The monoisotopic (exact) mass is 531 g/mol. The Balaban J connectivity index is 2.50. The molecule has 0 aliphatic heterocycles. The molecular weight excluding hydrogens is 490 g/mol. The fourth-order valence-electron chi connectivity index (χ4n) is 4.11. The van der Waals surface area contributed by atoms with Crippen molar-refractivity contribution in [2.45, 2.75) is 59.5 Å². The zero-order chi connectivity index (χ0) is 27.8. The molecule has 37 heavy (non-hydrogen) atoms. The van der Waals surface area contributed by atoms with E-state index in [1.54, 1.807) is 31.4 Å². The van der Waals surface area contributed by atoms with Crippen LogP contribution in [-0.4, -0.2) is 57.6 Å². The Morgan fingerprint density at radius 3 is 2.27 bits per heavy atom. The number of anilines is 1. The molecule has 8 nitrogen and oxygen atoms in total. The molecule has 9 heteroatoms. The quantitative estimate of drug-likeness (QED) is 0.419. The van der Waals surface area contributed by atoms with E-state index in [0.29, 0.717) is 24.4 Å². The largest absolute Gasteiger partial charge is 0.497 e. The molecule has 2 aromatic carbocycles. The van der Waals surface area contributed by atoms with Crippen molar-refractivity contribution in [2.24, 2.45) is 5.92 Å². The van der Waals surface area contributed by atoms with Gasteiger partial charge in [-0.3, -0.25) is 13.9 Å². The van der Waals surface area contributed by atoms with Crippen LogP contribution in [0.4, 0.5) is 5.69 Å². The highest BCUT2D eigenvalue weighted by atomic mass is 32.2. The van der Waals surface area contributed by atoms with Gasteiger partial charge in [0.15, 0.2) is 0 Å². The van der Waals surface area contributed by atoms with Gasteiger partial charge in [0.2, 0.25) is 21.8 Å². The Hall–Kier alpha value is -3.07. The van der Waals surface area contributed by atoms with E-state index in [9.17, 15) is 18.0 Å². The number of carbonyl (C=O) groups excluding carboxylic acids is 2. The lowest BCUT2D eigenvalue weighted by Gasteiger charge is -2.33. The molecule has 0 radical (unpaired) electrons. The lowest BCUT2D eigenvalue weighted by atomic mass is 10.0. The summed E-state index contributed by atoms with van der Waals surface area (Å²) >= 11 is 0. The summed E-state index contributed by atoms with van der Waals surface area (Å²) in [7, 11) is -2.23. The molecule has 204 valence electrons. The number of nitrogens with one attached hydrogen (secondary N) is 1. The number of methoxy groups -OCH3 is 1. The van der Waals surface area contributed by atoms with Crippen LogP contribution in [0.1, 0.15) is 58.1 Å². The van der Waals surface area contributed by atoms with Gasteiger partial charge in [-0.05, 0) is 47.6 Å². The molecule has 1 N–H and O–H groups in total. The van der Waals surface area contributed by atoms with Gasteiger partial charge in [0.25, 0.3) is 0 Å². The van der Waals surface area contributed by atoms with Crippen LogP contribution in [0.2, 0.25) is 0 Å². The first-order chi connectivity index (χ1) is 17.4. The van der Waals surface area contributed by atoms with Gasteiger partial charge >= 0.3 is 0 Å². The van der Waals surface area contributed by atoms with Gasteiger partial charge in [-0.1, -0.05) is 65.0 Å². The summed E-state index contributed by atoms with van der Waals surface area (Å²) in [5, 5.41) is 2.93. The third-order valence-corrected chi connectivity index (χ3v) is 7.19. The van der Waals surface area contributed by atoms with Gasteiger partial charge in [0.1, 0.15) is 18.3 Å². The maximum Gasteiger partial charge on any atom is 0.244 e. The van der Waals surface area contributed by atoms with Crippen LogP contribution in [-0.2, 0) is 26.2 Å². The predicted molar refractivity (Wildman–Crippen MR) is 148 cm³/mol. The standard InChI is InChI=1S/C28H41N3O5S/c1-8-25(28(33)29-17-20(2)3)30(18-22-12-11-13-23(16-22)36-6)27(32)19-31(37(7,34)35)26-15-10-9-14-24(26)21(4)5/h9-16,20-21,25H,8,17-19H2,1-7H3,(H,29,33)/t25-/m1/s1. The second-order valence-corrected chi connectivity index (χ2v) is 11.8. The van der Waals surface area contributed by atoms with Crippen molar-refractivity contribution in [1.29, 1.82) is 0 Å². The van der Waals surface area contributed by atoms with Crippen LogP contribution in [0, 0.1) is 5.92 Å². The van der Waals surface area contributed by atoms with E-state index in [0.717, 1.165) is 21.7 Å². The predicted octanol–water partition coefficient (Wildman–Crippen LogP) is 4.16. The molecule has 0 aromatic heterocycles. The third kappa shape index (κ3) is 8.49. The molecule has 1 atom stereocenters. The van der Waals surface area contributed by atoms with Gasteiger partial charge in [-0.15, -0.1) is 0 Å². The maximum absolute atomic E-state index is 13.9. The molecule has 0 spiro atoms. The first-order valence-electron chi connectivity index (χ1n) is 12.7. The number of carbonyl (C=O) groups is 2. The van der Waals surface area contributed by atoms with Crippen LogP contribution in [0.5, 0.6) is 5.75 Å². The van der Waals surface area contributed by atoms with E-state index in [4.69, 9.17) is 4.74 Å². The zero-order valence-electron chi connectivity index (χ0n) is 23.0. The minimum atomic E-state index is -3.79. The van der Waals surface area contributed by atoms with Gasteiger partial charge in [-0.2, -0.15) is 0 Å². The summed E-state index contributed by atoms with van der Waals surface area (Å²) < 4.78 is 32.3. The fourth-order valence-corrected chi connectivity index (χ4v) is 4.98. The molecule has 0 aliphatic rings. The number of ether oxygens (including phenoxy) is 1. The summed E-state index contributed by atoms with van der Waals surface area (Å²) in [5.41, 5.74) is 2.06. The highest BCUT2D eigenvalue weighted by Gasteiger charge is 2.32. The summed E-state index contributed by atoms with van der Waals surface area (Å²) in [6.45, 7) is 9.98. The zero-order valence-corrected chi connectivity index (χ0v) is 23.8. The number of nitrogens with zero attached hydrogens (tertiary/aromatic N) is 2. The Bertz CT molecular complexity index is 1160. The van der Waals surface area contributed by atoms with E-state index in [1.807, 2.05) is 58.9 Å². The number of rotatable bonds is 13. The molecule has 0 bridgehead atoms. The molecule has 0 heterocycles. The van der Waals surface area contributed by atoms with E-state index < -0.39 is 28.5 Å². The molecule has 2 amide bonds. The number of amides is 2. The lowest BCUT2D eigenvalue weighted by Crippen LogP contribution is -2.52. The number of para-hydroxylation sites is 1. The van der Waals surface area contributed by atoms with E-state index in [1.165, 1.54) is 4.90 Å². The van der Waals surface area contributed by atoms with Crippen LogP contribution >= 0.6 is 0 Å². The Kier molecular flexibility index (Phi) is 11.0. The van der Waals surface area contributed by atoms with E-state index in [-0.39, 0.29) is 24.3 Å². The van der Waals surface area contributed by atoms with Crippen LogP contribution in [0.3, 0.4) is 0 Å². The Labute approximate surface area is 222 Å². The lowest BCUT2D eigenvalue weighted by molar-refractivity contribution is -0.140. The van der Waals surface area contributed by atoms with Crippen molar-refractivity contribution in [3.63, 3.8) is 0 Å². The molecule has 0 fully saturated rings. The molecule has 0 saturated heterocycles. The summed E-state index contributed by atoms with van der Waals surface area (Å²) in [5.74, 6) is 0.205. The maximum atomic E-state index is 13.9. The Morgan fingerprint density at radius 2 is 1.70 bits per heavy atom. The number of sulfonamides is 1. The van der Waals surface area contributed by atoms with Crippen molar-refractivity contribution in [3.8, 4) is 5.75 Å². The number of hydrogen-bond donors (Lipinski definition) is 1. The second kappa shape index (κ2) is 13.5.